The fourth-order valence-corrected chi connectivity index (χ4v) is 4.11. The van der Waals surface area contributed by atoms with Gasteiger partial charge in [0.25, 0.3) is 0 Å². The number of rotatable bonds is 12. The van der Waals surface area contributed by atoms with Gasteiger partial charge in [-0.05, 0) is 75.7 Å². The predicted octanol–water partition coefficient (Wildman–Crippen LogP) is 6.14. The zero-order valence-corrected chi connectivity index (χ0v) is 22.4. The topological polar surface area (TPSA) is 72.9 Å². The molecule has 1 atom stereocenters. The quantitative estimate of drug-likeness (QED) is 0.242. The molecule has 2 heterocycles. The van der Waals surface area contributed by atoms with Crippen molar-refractivity contribution in [2.45, 2.75) is 58.9 Å². The van der Waals surface area contributed by atoms with Gasteiger partial charge in [-0.25, -0.2) is 9.07 Å². The van der Waals surface area contributed by atoms with Crippen LogP contribution < -0.4 is 4.74 Å². The van der Waals surface area contributed by atoms with Gasteiger partial charge < -0.3 is 19.0 Å². The molecular weight excluding hydrogens is 485 g/mol. The van der Waals surface area contributed by atoms with Gasteiger partial charge in [-0.2, -0.15) is 5.10 Å². The molecular formula is C30H36FN3O4. The molecule has 4 rings (SSSR count). The summed E-state index contributed by atoms with van der Waals surface area (Å²) >= 11 is 0. The van der Waals surface area contributed by atoms with E-state index in [4.69, 9.17) is 19.0 Å². The summed E-state index contributed by atoms with van der Waals surface area (Å²) in [6.45, 7) is 9.42. The highest BCUT2D eigenvalue weighted by molar-refractivity contribution is 5.44. The first kappa shape index (κ1) is 27.6. The number of hydrogen-bond donors (Lipinski definition) is 1. The van der Waals surface area contributed by atoms with E-state index in [1.54, 1.807) is 23.1 Å². The minimum absolute atomic E-state index is 0.209. The first-order valence-corrected chi connectivity index (χ1v) is 12.9. The number of halogens is 1. The molecule has 202 valence electrons. The fraction of sp³-hybridized carbons (Fsp3) is 0.367. The third kappa shape index (κ3) is 7.54. The van der Waals surface area contributed by atoms with Crippen LogP contribution in [0, 0.1) is 5.82 Å². The second-order valence-corrected chi connectivity index (χ2v) is 10.2. The normalized spacial score (nSPS) is 12.7. The van der Waals surface area contributed by atoms with E-state index in [1.807, 2.05) is 70.2 Å². The van der Waals surface area contributed by atoms with Crippen LogP contribution in [0.15, 0.2) is 77.4 Å². The minimum atomic E-state index is -0.708. The summed E-state index contributed by atoms with van der Waals surface area (Å²) in [6.07, 6.45) is 1.60. The van der Waals surface area contributed by atoms with Crippen LogP contribution in [0.4, 0.5) is 4.39 Å². The molecule has 0 radical (unpaired) electrons. The maximum atomic E-state index is 13.7. The summed E-state index contributed by atoms with van der Waals surface area (Å²) in [5, 5.41) is 15.7. The Kier molecular flexibility index (Phi) is 8.99. The van der Waals surface area contributed by atoms with Crippen molar-refractivity contribution in [3.05, 3.63) is 95.8 Å². The van der Waals surface area contributed by atoms with Crippen molar-refractivity contribution in [2.24, 2.45) is 0 Å². The van der Waals surface area contributed by atoms with Crippen LogP contribution >= 0.6 is 0 Å². The monoisotopic (exact) mass is 521 g/mol. The number of furan rings is 1. The second kappa shape index (κ2) is 12.4. The molecule has 38 heavy (non-hydrogen) atoms. The molecule has 0 aliphatic heterocycles. The van der Waals surface area contributed by atoms with Crippen LogP contribution in [0.5, 0.6) is 11.6 Å². The number of aromatic nitrogens is 2. The molecule has 8 heteroatoms. The number of aliphatic hydroxyl groups is 1. The van der Waals surface area contributed by atoms with E-state index in [0.717, 1.165) is 17.0 Å². The Balaban J connectivity index is 1.70. The van der Waals surface area contributed by atoms with E-state index in [-0.39, 0.29) is 18.0 Å². The third-order valence-corrected chi connectivity index (χ3v) is 5.90. The van der Waals surface area contributed by atoms with E-state index in [2.05, 4.69) is 4.90 Å². The molecule has 2 aromatic heterocycles. The predicted molar refractivity (Wildman–Crippen MR) is 144 cm³/mol. The van der Waals surface area contributed by atoms with Crippen molar-refractivity contribution < 1.29 is 23.4 Å². The molecule has 0 amide bonds. The van der Waals surface area contributed by atoms with Gasteiger partial charge in [0.1, 0.15) is 17.3 Å². The van der Waals surface area contributed by atoms with Crippen LogP contribution in [-0.4, -0.2) is 44.6 Å². The van der Waals surface area contributed by atoms with Crippen molar-refractivity contribution >= 4 is 0 Å². The van der Waals surface area contributed by atoms with Gasteiger partial charge in [-0.15, -0.1) is 0 Å². The van der Waals surface area contributed by atoms with Crippen molar-refractivity contribution in [1.82, 2.24) is 14.7 Å². The van der Waals surface area contributed by atoms with E-state index < -0.39 is 6.10 Å². The lowest BCUT2D eigenvalue weighted by atomic mass is 10.1. The smallest absolute Gasteiger partial charge is 0.227 e. The summed E-state index contributed by atoms with van der Waals surface area (Å²) < 4.78 is 33.3. The molecule has 0 spiro atoms. The van der Waals surface area contributed by atoms with Gasteiger partial charge >= 0.3 is 0 Å². The van der Waals surface area contributed by atoms with Crippen molar-refractivity contribution in [1.29, 1.82) is 0 Å². The van der Waals surface area contributed by atoms with Crippen molar-refractivity contribution in [3.8, 4) is 17.3 Å². The number of ether oxygens (including phenoxy) is 2. The number of aliphatic hydroxyl groups excluding tert-OH is 1. The number of benzene rings is 2. The van der Waals surface area contributed by atoms with E-state index in [1.165, 1.54) is 12.1 Å². The maximum absolute atomic E-state index is 13.7. The molecule has 2 aromatic carbocycles. The Morgan fingerprint density at radius 2 is 1.76 bits per heavy atom. The lowest BCUT2D eigenvalue weighted by Gasteiger charge is -2.27. The van der Waals surface area contributed by atoms with Gasteiger partial charge in [0, 0.05) is 13.1 Å². The zero-order chi connectivity index (χ0) is 27.1. The Hall–Kier alpha value is -3.46. The molecule has 0 saturated heterocycles. The zero-order valence-electron chi connectivity index (χ0n) is 22.4. The van der Waals surface area contributed by atoms with Crippen molar-refractivity contribution in [3.63, 3.8) is 0 Å². The molecule has 1 N–H and O–H groups in total. The highest BCUT2D eigenvalue weighted by Gasteiger charge is 2.25. The largest absolute Gasteiger partial charge is 0.468 e. The van der Waals surface area contributed by atoms with Crippen LogP contribution in [0.3, 0.4) is 0 Å². The van der Waals surface area contributed by atoms with E-state index in [9.17, 15) is 9.50 Å². The molecule has 1 unspecified atom stereocenters. The molecule has 4 aromatic rings. The first-order chi connectivity index (χ1) is 18.2. The van der Waals surface area contributed by atoms with Gasteiger partial charge in [0.2, 0.25) is 5.88 Å². The lowest BCUT2D eigenvalue weighted by molar-refractivity contribution is -0.0576. The van der Waals surface area contributed by atoms with Crippen LogP contribution in [0.25, 0.3) is 5.69 Å². The van der Waals surface area contributed by atoms with Gasteiger partial charge in [0.05, 0.1) is 48.1 Å². The van der Waals surface area contributed by atoms with Crippen molar-refractivity contribution in [2.75, 3.05) is 13.2 Å². The molecule has 0 aliphatic carbocycles. The summed E-state index contributed by atoms with van der Waals surface area (Å²) in [5.74, 6) is 1.67. The summed E-state index contributed by atoms with van der Waals surface area (Å²) in [6, 6.07) is 19.4. The average molecular weight is 522 g/mol. The Labute approximate surface area is 223 Å². The van der Waals surface area contributed by atoms with E-state index >= 15 is 0 Å². The van der Waals surface area contributed by atoms with Gasteiger partial charge in [0.15, 0.2) is 0 Å². The lowest BCUT2D eigenvalue weighted by Crippen LogP contribution is -2.36. The van der Waals surface area contributed by atoms with Crippen LogP contribution in [0.2, 0.25) is 0 Å². The number of hydrogen-bond acceptors (Lipinski definition) is 6. The standard InChI is InChI=1S/C30H36FN3O4/c1-5-28-27(20-33(19-26-12-9-17-36-26)18-24(35)21-37-30(2,3)4)29(38-25-10-7-6-8-11-25)34(32-28)23-15-13-22(31)14-16-23/h6-17,24,35H,5,18-21H2,1-4H3. The molecule has 0 bridgehead atoms. The Bertz CT molecular complexity index is 1270. The number of aryl methyl sites for hydroxylation is 1. The number of nitrogens with zero attached hydrogens (tertiary/aromatic N) is 3. The maximum Gasteiger partial charge on any atom is 0.227 e. The molecule has 0 saturated carbocycles. The SMILES string of the molecule is CCc1nn(-c2ccc(F)cc2)c(Oc2ccccc2)c1CN(Cc1ccco1)CC(O)COC(C)(C)C. The number of para-hydroxylation sites is 1. The van der Waals surface area contributed by atoms with Gasteiger partial charge in [-0.1, -0.05) is 25.1 Å². The molecule has 0 aliphatic rings. The molecule has 7 nitrogen and oxygen atoms in total. The highest BCUT2D eigenvalue weighted by atomic mass is 19.1. The molecule has 0 fully saturated rings. The summed E-state index contributed by atoms with van der Waals surface area (Å²) in [5.41, 5.74) is 2.07. The average Bonchev–Trinajstić information content (AvgIpc) is 3.52. The Morgan fingerprint density at radius 3 is 2.39 bits per heavy atom. The third-order valence-electron chi connectivity index (χ3n) is 5.90. The Morgan fingerprint density at radius 1 is 1.03 bits per heavy atom. The second-order valence-electron chi connectivity index (χ2n) is 10.2. The van der Waals surface area contributed by atoms with Crippen LogP contribution in [-0.2, 0) is 24.2 Å². The highest BCUT2D eigenvalue weighted by Crippen LogP contribution is 2.32. The summed E-state index contributed by atoms with van der Waals surface area (Å²) in [7, 11) is 0. The van der Waals surface area contributed by atoms with Gasteiger partial charge in [-0.3, -0.25) is 4.90 Å². The van der Waals surface area contributed by atoms with E-state index in [0.29, 0.717) is 43.4 Å². The first-order valence-electron chi connectivity index (χ1n) is 12.9. The minimum Gasteiger partial charge on any atom is -0.468 e. The summed E-state index contributed by atoms with van der Waals surface area (Å²) in [4.78, 5) is 2.10. The fourth-order valence-electron chi connectivity index (χ4n) is 4.11. The van der Waals surface area contributed by atoms with Crippen LogP contribution in [0.1, 0.15) is 44.7 Å².